The highest BCUT2D eigenvalue weighted by Gasteiger charge is 2.43. The van der Waals surface area contributed by atoms with Gasteiger partial charge in [0.2, 0.25) is 0 Å². The predicted octanol–water partition coefficient (Wildman–Crippen LogP) is 3.44. The third-order valence-electron chi connectivity index (χ3n) is 6.50. The van der Waals surface area contributed by atoms with E-state index in [1.807, 2.05) is 41.4 Å². The Bertz CT molecular complexity index is 1030. The first-order valence-corrected chi connectivity index (χ1v) is 10.8. The SMILES string of the molecule is O=C(COc1ccccc1)N1Cc2ccccc2C2(CCN(c3cnccn3)CC2)C1. The van der Waals surface area contributed by atoms with Gasteiger partial charge in [0.25, 0.3) is 5.91 Å². The van der Waals surface area contributed by atoms with Gasteiger partial charge in [-0.1, -0.05) is 42.5 Å². The van der Waals surface area contributed by atoms with Crippen LogP contribution in [0.3, 0.4) is 0 Å². The van der Waals surface area contributed by atoms with Crippen LogP contribution in [0.25, 0.3) is 0 Å². The first kappa shape index (κ1) is 19.5. The van der Waals surface area contributed by atoms with Crippen molar-refractivity contribution in [2.45, 2.75) is 24.8 Å². The highest BCUT2D eigenvalue weighted by molar-refractivity contribution is 5.78. The zero-order chi connectivity index (χ0) is 21.1. The van der Waals surface area contributed by atoms with E-state index in [9.17, 15) is 4.79 Å². The summed E-state index contributed by atoms with van der Waals surface area (Å²) in [5, 5.41) is 0. The predicted molar refractivity (Wildman–Crippen MR) is 119 cm³/mol. The molecule has 6 nitrogen and oxygen atoms in total. The molecule has 158 valence electrons. The molecule has 2 aromatic carbocycles. The summed E-state index contributed by atoms with van der Waals surface area (Å²) < 4.78 is 5.74. The lowest BCUT2D eigenvalue weighted by atomic mass is 9.69. The standard InChI is InChI=1S/C25H26N4O2/c30-24(18-31-21-7-2-1-3-8-21)29-17-20-6-4-5-9-22(20)25(19-29)10-14-28(15-11-25)23-16-26-12-13-27-23/h1-9,12-13,16H,10-11,14-15,17-19H2. The number of amides is 1. The molecule has 0 atom stereocenters. The summed E-state index contributed by atoms with van der Waals surface area (Å²) >= 11 is 0. The zero-order valence-corrected chi connectivity index (χ0v) is 17.5. The second kappa shape index (κ2) is 8.38. The van der Waals surface area contributed by atoms with Crippen molar-refractivity contribution >= 4 is 11.7 Å². The van der Waals surface area contributed by atoms with E-state index in [4.69, 9.17) is 4.74 Å². The first-order chi connectivity index (χ1) is 15.2. The average Bonchev–Trinajstić information content (AvgIpc) is 2.84. The molecule has 0 saturated carbocycles. The Labute approximate surface area is 182 Å². The fourth-order valence-electron chi connectivity index (χ4n) is 4.86. The number of piperidine rings is 1. The maximum atomic E-state index is 13.1. The minimum Gasteiger partial charge on any atom is -0.484 e. The van der Waals surface area contributed by atoms with Crippen molar-refractivity contribution in [1.82, 2.24) is 14.9 Å². The van der Waals surface area contributed by atoms with Crippen LogP contribution in [0.5, 0.6) is 5.75 Å². The number of nitrogens with zero attached hydrogens (tertiary/aromatic N) is 4. The molecule has 1 fully saturated rings. The Morgan fingerprint density at radius 2 is 1.77 bits per heavy atom. The number of benzene rings is 2. The summed E-state index contributed by atoms with van der Waals surface area (Å²) in [5.74, 6) is 1.68. The topological polar surface area (TPSA) is 58.6 Å². The Morgan fingerprint density at radius 1 is 1.00 bits per heavy atom. The molecular formula is C25H26N4O2. The summed E-state index contributed by atoms with van der Waals surface area (Å²) in [4.78, 5) is 26.0. The number of carbonyl (C=O) groups excluding carboxylic acids is 1. The van der Waals surface area contributed by atoms with Crippen LogP contribution in [0, 0.1) is 0 Å². The van der Waals surface area contributed by atoms with Crippen molar-refractivity contribution in [3.8, 4) is 5.75 Å². The Kier molecular flexibility index (Phi) is 5.28. The van der Waals surface area contributed by atoms with Gasteiger partial charge in [0.05, 0.1) is 6.20 Å². The molecule has 6 heteroatoms. The van der Waals surface area contributed by atoms with Crippen molar-refractivity contribution in [1.29, 1.82) is 0 Å². The number of aromatic nitrogens is 2. The summed E-state index contributed by atoms with van der Waals surface area (Å²) in [6.07, 6.45) is 7.22. The summed E-state index contributed by atoms with van der Waals surface area (Å²) in [6.45, 7) is 3.23. The van der Waals surface area contributed by atoms with E-state index in [2.05, 4.69) is 39.1 Å². The van der Waals surface area contributed by atoms with Gasteiger partial charge in [-0.3, -0.25) is 9.78 Å². The van der Waals surface area contributed by atoms with Crippen LogP contribution in [0.15, 0.2) is 73.2 Å². The fourth-order valence-corrected chi connectivity index (χ4v) is 4.86. The number of rotatable bonds is 4. The minimum absolute atomic E-state index is 0.0318. The highest BCUT2D eigenvalue weighted by Crippen LogP contribution is 2.42. The molecule has 3 aromatic rings. The molecule has 31 heavy (non-hydrogen) atoms. The first-order valence-electron chi connectivity index (χ1n) is 10.8. The van der Waals surface area contributed by atoms with Crippen molar-refractivity contribution in [3.63, 3.8) is 0 Å². The maximum Gasteiger partial charge on any atom is 0.260 e. The van der Waals surface area contributed by atoms with E-state index < -0.39 is 0 Å². The summed E-state index contributed by atoms with van der Waals surface area (Å²) in [7, 11) is 0. The van der Waals surface area contributed by atoms with Gasteiger partial charge < -0.3 is 14.5 Å². The molecule has 1 aromatic heterocycles. The third-order valence-corrected chi connectivity index (χ3v) is 6.50. The number of ether oxygens (including phenoxy) is 1. The van der Waals surface area contributed by atoms with Gasteiger partial charge >= 0.3 is 0 Å². The van der Waals surface area contributed by atoms with Gasteiger partial charge in [-0.15, -0.1) is 0 Å². The number of anilines is 1. The Morgan fingerprint density at radius 3 is 2.55 bits per heavy atom. The lowest BCUT2D eigenvalue weighted by molar-refractivity contribution is -0.135. The quantitative estimate of drug-likeness (QED) is 0.655. The van der Waals surface area contributed by atoms with Gasteiger partial charge in [-0.25, -0.2) is 4.98 Å². The molecule has 0 bridgehead atoms. The fraction of sp³-hybridized carbons (Fsp3) is 0.320. The monoisotopic (exact) mass is 414 g/mol. The smallest absolute Gasteiger partial charge is 0.260 e. The molecule has 0 N–H and O–H groups in total. The molecule has 0 aliphatic carbocycles. The molecule has 2 aliphatic heterocycles. The number of para-hydroxylation sites is 1. The second-order valence-corrected chi connectivity index (χ2v) is 8.34. The van der Waals surface area contributed by atoms with Crippen LogP contribution in [-0.2, 0) is 16.8 Å². The van der Waals surface area contributed by atoms with E-state index >= 15 is 0 Å². The maximum absolute atomic E-state index is 13.1. The lowest BCUT2D eigenvalue weighted by Crippen LogP contribution is -2.54. The molecule has 1 saturated heterocycles. The van der Waals surface area contributed by atoms with E-state index in [0.29, 0.717) is 6.54 Å². The van der Waals surface area contributed by atoms with Crippen LogP contribution in [0.1, 0.15) is 24.0 Å². The normalized spacial score (nSPS) is 17.3. The van der Waals surface area contributed by atoms with E-state index in [1.165, 1.54) is 11.1 Å². The van der Waals surface area contributed by atoms with Crippen LogP contribution < -0.4 is 9.64 Å². The van der Waals surface area contributed by atoms with Crippen molar-refractivity contribution in [2.24, 2.45) is 0 Å². The molecule has 0 unspecified atom stereocenters. The van der Waals surface area contributed by atoms with Crippen LogP contribution >= 0.6 is 0 Å². The number of hydrogen-bond acceptors (Lipinski definition) is 5. The Hall–Kier alpha value is -3.41. The molecule has 2 aliphatic rings. The van der Waals surface area contributed by atoms with Crippen LogP contribution in [0.2, 0.25) is 0 Å². The minimum atomic E-state index is -0.0318. The number of hydrogen-bond donors (Lipinski definition) is 0. The Balaban J connectivity index is 1.33. The second-order valence-electron chi connectivity index (χ2n) is 8.34. The van der Waals surface area contributed by atoms with Gasteiger partial charge in [-0.05, 0) is 36.1 Å². The lowest BCUT2D eigenvalue weighted by Gasteiger charge is -2.48. The average molecular weight is 415 g/mol. The molecule has 1 amide bonds. The number of carbonyl (C=O) groups is 1. The summed E-state index contributed by atoms with van der Waals surface area (Å²) in [5.41, 5.74) is 2.60. The number of fused-ring (bicyclic) bond motifs is 2. The molecule has 1 spiro atoms. The molecule has 3 heterocycles. The van der Waals surface area contributed by atoms with Gasteiger partial charge in [-0.2, -0.15) is 0 Å². The van der Waals surface area contributed by atoms with Crippen LogP contribution in [0.4, 0.5) is 5.82 Å². The zero-order valence-electron chi connectivity index (χ0n) is 17.5. The highest BCUT2D eigenvalue weighted by atomic mass is 16.5. The van der Waals surface area contributed by atoms with Crippen molar-refractivity contribution < 1.29 is 9.53 Å². The van der Waals surface area contributed by atoms with E-state index in [1.54, 1.807) is 12.4 Å². The summed E-state index contributed by atoms with van der Waals surface area (Å²) in [6, 6.07) is 18.1. The van der Waals surface area contributed by atoms with Gasteiger partial charge in [0.1, 0.15) is 11.6 Å². The van der Waals surface area contributed by atoms with Crippen molar-refractivity contribution in [2.75, 3.05) is 31.1 Å². The third kappa shape index (κ3) is 3.98. The molecule has 5 rings (SSSR count). The van der Waals surface area contributed by atoms with Crippen molar-refractivity contribution in [3.05, 3.63) is 84.3 Å². The van der Waals surface area contributed by atoms with Gasteiger partial charge in [0, 0.05) is 44.0 Å². The molecule has 0 radical (unpaired) electrons. The van der Waals surface area contributed by atoms with E-state index in [0.717, 1.165) is 44.0 Å². The van der Waals surface area contributed by atoms with Gasteiger partial charge in [0.15, 0.2) is 6.61 Å². The largest absolute Gasteiger partial charge is 0.484 e. The van der Waals surface area contributed by atoms with Crippen LogP contribution in [-0.4, -0.2) is 47.0 Å². The van der Waals surface area contributed by atoms with E-state index in [-0.39, 0.29) is 17.9 Å². The molecular weight excluding hydrogens is 388 g/mol.